The molecular weight excluding hydrogens is 952 g/mol. The summed E-state index contributed by atoms with van der Waals surface area (Å²) in [5, 5.41) is 23.9. The molecule has 0 fully saturated rings. The second kappa shape index (κ2) is 25.3. The van der Waals surface area contributed by atoms with Crippen LogP contribution in [0.1, 0.15) is 62.3 Å². The maximum Gasteiger partial charge on any atom is 0.338 e. The van der Waals surface area contributed by atoms with Crippen molar-refractivity contribution >= 4 is 88.5 Å². The van der Waals surface area contributed by atoms with Crippen LogP contribution in [0.15, 0.2) is 142 Å². The molecule has 0 aliphatic rings. The smallest absolute Gasteiger partial charge is 0.338 e. The van der Waals surface area contributed by atoms with Gasteiger partial charge in [-0.05, 0) is 136 Å². The third-order valence-corrected chi connectivity index (χ3v) is 10.0. The molecule has 14 heteroatoms. The van der Waals surface area contributed by atoms with E-state index in [9.17, 15) is 39.0 Å². The number of benzene rings is 6. The molecule has 2 atom stereocenters. The zero-order valence-electron chi connectivity index (χ0n) is 36.3. The Morgan fingerprint density at radius 2 is 0.844 bits per heavy atom. The Kier molecular flexibility index (Phi) is 20.7. The van der Waals surface area contributed by atoms with Crippen molar-refractivity contribution in [3.8, 4) is 11.5 Å². The molecule has 6 aromatic rings. The first kappa shape index (κ1) is 52.3. The second-order valence-corrected chi connectivity index (χ2v) is 16.7. The van der Waals surface area contributed by atoms with Crippen molar-refractivity contribution in [2.75, 3.05) is 26.4 Å². The van der Waals surface area contributed by atoms with E-state index in [1.165, 1.54) is 46.9 Å². The molecule has 0 aromatic heterocycles. The molecule has 336 valence electrons. The number of ether oxygens (including phenoxy) is 4. The summed E-state index contributed by atoms with van der Waals surface area (Å²) in [5.74, 6) is -0.547. The zero-order chi connectivity index (χ0) is 47.5. The minimum absolute atomic E-state index is 0.0307. The van der Waals surface area contributed by atoms with E-state index in [2.05, 4.69) is 31.9 Å². The number of carbonyl (C=O) groups excluding carboxylic acids is 6. The molecule has 0 radical (unpaired) electrons. The Morgan fingerprint density at radius 1 is 0.469 bits per heavy atom. The van der Waals surface area contributed by atoms with E-state index in [1.807, 2.05) is 84.9 Å². The lowest BCUT2D eigenvalue weighted by Crippen LogP contribution is -2.39. The quantitative estimate of drug-likeness (QED) is 0.0989. The summed E-state index contributed by atoms with van der Waals surface area (Å²) in [4.78, 5) is 66.3. The molecule has 0 saturated heterocycles. The van der Waals surface area contributed by atoms with Crippen molar-refractivity contribution in [2.24, 2.45) is 0 Å². The molecule has 0 saturated carbocycles. The van der Waals surface area contributed by atoms with Crippen LogP contribution in [0.2, 0.25) is 0 Å². The van der Waals surface area contributed by atoms with Gasteiger partial charge in [-0.1, -0.05) is 92.5 Å². The van der Waals surface area contributed by atoms with Crippen LogP contribution in [0, 0.1) is 0 Å². The number of rotatable bonds is 14. The summed E-state index contributed by atoms with van der Waals surface area (Å²) in [6.45, 7) is 7.82. The Hall–Kier alpha value is -6.06. The van der Waals surface area contributed by atoms with Gasteiger partial charge in [-0.25, -0.2) is 9.59 Å². The van der Waals surface area contributed by atoms with Crippen molar-refractivity contribution in [1.82, 2.24) is 0 Å². The minimum Gasteiger partial charge on any atom is -0.490 e. The van der Waals surface area contributed by atoms with Crippen LogP contribution >= 0.6 is 31.9 Å². The van der Waals surface area contributed by atoms with Crippen molar-refractivity contribution < 1.29 is 57.9 Å². The lowest BCUT2D eigenvalue weighted by atomic mass is 10.0. The predicted molar refractivity (Wildman–Crippen MR) is 252 cm³/mol. The van der Waals surface area contributed by atoms with Gasteiger partial charge in [0.15, 0.2) is 34.3 Å². The summed E-state index contributed by atoms with van der Waals surface area (Å²) in [5.41, 5.74) is -2.27. The third kappa shape index (κ3) is 18.3. The van der Waals surface area contributed by atoms with E-state index in [1.54, 1.807) is 48.5 Å². The second-order valence-electron chi connectivity index (χ2n) is 14.8. The highest BCUT2D eigenvalue weighted by Gasteiger charge is 2.29. The number of ketones is 4. The lowest BCUT2D eigenvalue weighted by molar-refractivity contribution is -0.137. The number of hydrogen-bond acceptors (Lipinski definition) is 12. The van der Waals surface area contributed by atoms with E-state index >= 15 is 0 Å². The number of halogens is 2. The largest absolute Gasteiger partial charge is 0.490 e. The average Bonchev–Trinajstić information content (AvgIpc) is 3.27. The van der Waals surface area contributed by atoms with Gasteiger partial charge in [0.2, 0.25) is 0 Å². The maximum absolute atomic E-state index is 11.6. The lowest BCUT2D eigenvalue weighted by Gasteiger charge is -2.20. The molecule has 2 N–H and O–H groups in total. The van der Waals surface area contributed by atoms with Crippen LogP contribution in [-0.2, 0) is 28.7 Å². The van der Waals surface area contributed by atoms with Crippen molar-refractivity contribution in [1.29, 1.82) is 0 Å². The van der Waals surface area contributed by atoms with Gasteiger partial charge >= 0.3 is 11.9 Å². The fraction of sp³-hybridized carbons (Fsp3) is 0.240. The summed E-state index contributed by atoms with van der Waals surface area (Å²) in [6.07, 6.45) is 0. The van der Waals surface area contributed by atoms with Gasteiger partial charge in [0, 0.05) is 8.95 Å². The van der Waals surface area contributed by atoms with Crippen molar-refractivity contribution in [2.45, 2.75) is 52.7 Å². The standard InChI is InChI=1S/C15H16O3.C13H12O2.C12H13BrO4.C10H9BrO3/c1-11(16)15(2,17)10-18-14-8-7-12-5-3-4-6-13(12)9-14;1-10(14)9-15-13-7-6-11-4-2-3-5-12(11)8-13;1-8(14)12(2,16)7-17-11(15)9-3-5-10(13)6-4-9;1-7(12)6-14-10(13)8-2-4-9(11)5-3-8/h3-9,17H,10H2,1-2H3;2-8H,9H2,1H3;3-6,16H,7H2,1-2H3;2-5H,6H2,1H3. The summed E-state index contributed by atoms with van der Waals surface area (Å²) in [6, 6.07) is 40.8. The topological polar surface area (TPSA) is 180 Å². The number of hydrogen-bond donors (Lipinski definition) is 2. The van der Waals surface area contributed by atoms with Crippen LogP contribution in [0.25, 0.3) is 21.5 Å². The van der Waals surface area contributed by atoms with Gasteiger partial charge in [-0.3, -0.25) is 19.2 Å². The van der Waals surface area contributed by atoms with E-state index in [-0.39, 0.29) is 43.8 Å². The van der Waals surface area contributed by atoms with Gasteiger partial charge < -0.3 is 29.2 Å². The molecule has 0 heterocycles. The monoisotopic (exact) mass is 1000 g/mol. The highest BCUT2D eigenvalue weighted by molar-refractivity contribution is 9.10. The summed E-state index contributed by atoms with van der Waals surface area (Å²) < 4.78 is 22.1. The van der Waals surface area contributed by atoms with Gasteiger partial charge in [0.1, 0.15) is 37.9 Å². The van der Waals surface area contributed by atoms with E-state index in [4.69, 9.17) is 18.9 Å². The number of aliphatic hydroxyl groups is 2. The molecular formula is C50H50Br2O12. The highest BCUT2D eigenvalue weighted by atomic mass is 79.9. The molecule has 6 rings (SSSR count). The molecule has 0 spiro atoms. The first-order chi connectivity index (χ1) is 30.2. The molecule has 0 bridgehead atoms. The van der Waals surface area contributed by atoms with Gasteiger partial charge in [0.05, 0.1) is 11.1 Å². The molecule has 12 nitrogen and oxygen atoms in total. The SMILES string of the molecule is CC(=O)C(C)(O)COC(=O)c1ccc(Br)cc1.CC(=O)C(C)(O)COc1ccc2ccccc2c1.CC(=O)COC(=O)c1ccc(Br)cc1.CC(=O)COc1ccc2ccccc2c1. The molecule has 0 aliphatic carbocycles. The van der Waals surface area contributed by atoms with Crippen LogP contribution in [0.3, 0.4) is 0 Å². The molecule has 2 unspecified atom stereocenters. The van der Waals surface area contributed by atoms with Gasteiger partial charge in [0.25, 0.3) is 0 Å². The number of fused-ring (bicyclic) bond motifs is 2. The first-order valence-electron chi connectivity index (χ1n) is 19.7. The Balaban J connectivity index is 0.000000228. The predicted octanol–water partition coefficient (Wildman–Crippen LogP) is 9.51. The van der Waals surface area contributed by atoms with Crippen LogP contribution in [0.4, 0.5) is 0 Å². The first-order valence-corrected chi connectivity index (χ1v) is 21.3. The Morgan fingerprint density at radius 3 is 1.25 bits per heavy atom. The molecule has 0 amide bonds. The third-order valence-electron chi connectivity index (χ3n) is 8.97. The van der Waals surface area contributed by atoms with E-state index < -0.39 is 28.9 Å². The number of esters is 2. The van der Waals surface area contributed by atoms with Crippen molar-refractivity contribution in [3.05, 3.63) is 154 Å². The molecule has 6 aromatic carbocycles. The Bertz CT molecular complexity index is 2530. The van der Waals surface area contributed by atoms with E-state index in [0.717, 1.165) is 30.9 Å². The van der Waals surface area contributed by atoms with Crippen LogP contribution in [0.5, 0.6) is 11.5 Å². The zero-order valence-corrected chi connectivity index (χ0v) is 39.4. The maximum atomic E-state index is 11.6. The van der Waals surface area contributed by atoms with Crippen LogP contribution < -0.4 is 9.47 Å². The molecule has 0 aliphatic heterocycles. The van der Waals surface area contributed by atoms with Gasteiger partial charge in [-0.15, -0.1) is 0 Å². The number of carbonyl (C=O) groups is 6. The number of Topliss-reactive ketones (excluding diaryl/α,β-unsaturated/α-hetero) is 4. The van der Waals surface area contributed by atoms with Gasteiger partial charge in [-0.2, -0.15) is 0 Å². The molecule has 64 heavy (non-hydrogen) atoms. The Labute approximate surface area is 388 Å². The average molecular weight is 1000 g/mol. The fourth-order valence-electron chi connectivity index (χ4n) is 4.84. The van der Waals surface area contributed by atoms with Crippen molar-refractivity contribution in [3.63, 3.8) is 0 Å². The fourth-order valence-corrected chi connectivity index (χ4v) is 5.37. The minimum atomic E-state index is -1.63. The van der Waals surface area contributed by atoms with E-state index in [0.29, 0.717) is 16.9 Å². The summed E-state index contributed by atoms with van der Waals surface area (Å²) >= 11 is 6.50. The highest BCUT2D eigenvalue weighted by Crippen LogP contribution is 2.22. The normalized spacial score (nSPS) is 12.2. The summed E-state index contributed by atoms with van der Waals surface area (Å²) in [7, 11) is 0. The van der Waals surface area contributed by atoms with Crippen LogP contribution in [-0.4, -0.2) is 82.9 Å².